The summed E-state index contributed by atoms with van der Waals surface area (Å²) in [7, 11) is -0.496. The highest BCUT2D eigenvalue weighted by Crippen LogP contribution is 2.22. The normalized spacial score (nSPS) is 17.5. The fraction of sp³-hybridized carbons (Fsp3) is 0.615. The Hall–Kier alpha value is -1.34. The van der Waals surface area contributed by atoms with Gasteiger partial charge in [-0.25, -0.2) is 4.98 Å². The highest BCUT2D eigenvalue weighted by atomic mass is 32.2. The van der Waals surface area contributed by atoms with E-state index in [1.54, 1.807) is 12.3 Å². The Kier molecular flexibility index (Phi) is 4.49. The molecule has 1 aromatic heterocycles. The first kappa shape index (κ1) is 15.1. The number of hydrogen-bond acceptors (Lipinski definition) is 4. The van der Waals surface area contributed by atoms with Gasteiger partial charge in [-0.3, -0.25) is 4.72 Å². The monoisotopic (exact) mass is 298 g/mol. The topological polar surface area (TPSA) is 65.5 Å². The van der Waals surface area contributed by atoms with Crippen molar-refractivity contribution in [3.05, 3.63) is 18.3 Å². The van der Waals surface area contributed by atoms with Crippen molar-refractivity contribution in [1.29, 1.82) is 0 Å². The van der Waals surface area contributed by atoms with Gasteiger partial charge in [0.2, 0.25) is 0 Å². The van der Waals surface area contributed by atoms with Crippen molar-refractivity contribution in [2.45, 2.75) is 19.8 Å². The fourth-order valence-electron chi connectivity index (χ4n) is 2.11. The zero-order valence-electron chi connectivity index (χ0n) is 12.2. The standard InChI is InChI=1S/C13H22N4O2S/c1-11-6-8-17(9-7-11)13-5-4-12(10-14-13)15-20(18,19)16(2)3/h4-5,10-11,15H,6-9H2,1-3H3. The Balaban J connectivity index is 2.03. The van der Waals surface area contributed by atoms with Gasteiger partial charge in [0, 0.05) is 27.2 Å². The Morgan fingerprint density at radius 1 is 1.30 bits per heavy atom. The van der Waals surface area contributed by atoms with Crippen LogP contribution < -0.4 is 9.62 Å². The van der Waals surface area contributed by atoms with E-state index in [9.17, 15) is 8.42 Å². The molecule has 0 spiro atoms. The van der Waals surface area contributed by atoms with Crippen LogP contribution in [0, 0.1) is 5.92 Å². The zero-order chi connectivity index (χ0) is 14.8. The van der Waals surface area contributed by atoms with Crippen LogP contribution in [-0.4, -0.2) is 44.9 Å². The summed E-state index contributed by atoms with van der Waals surface area (Å²) in [4.78, 5) is 6.59. The Morgan fingerprint density at radius 2 is 1.95 bits per heavy atom. The van der Waals surface area contributed by atoms with Crippen molar-refractivity contribution < 1.29 is 8.42 Å². The van der Waals surface area contributed by atoms with Crippen LogP contribution in [0.4, 0.5) is 11.5 Å². The predicted octanol–water partition coefficient (Wildman–Crippen LogP) is 1.54. The van der Waals surface area contributed by atoms with Gasteiger partial charge in [-0.05, 0) is 30.9 Å². The third kappa shape index (κ3) is 3.61. The van der Waals surface area contributed by atoms with E-state index in [1.807, 2.05) is 6.07 Å². The molecule has 1 aliphatic rings. The minimum Gasteiger partial charge on any atom is -0.357 e. The van der Waals surface area contributed by atoms with Gasteiger partial charge in [0.15, 0.2) is 0 Å². The third-order valence-electron chi connectivity index (χ3n) is 3.58. The molecule has 0 radical (unpaired) electrons. The number of piperidine rings is 1. The maximum absolute atomic E-state index is 11.7. The maximum atomic E-state index is 11.7. The summed E-state index contributed by atoms with van der Waals surface area (Å²) in [5.74, 6) is 1.68. The van der Waals surface area contributed by atoms with Crippen LogP contribution in [0.15, 0.2) is 18.3 Å². The van der Waals surface area contributed by atoms with Gasteiger partial charge >= 0.3 is 10.2 Å². The number of anilines is 2. The van der Waals surface area contributed by atoms with Gasteiger partial charge in [0.25, 0.3) is 0 Å². The lowest BCUT2D eigenvalue weighted by atomic mass is 9.99. The first-order chi connectivity index (χ1) is 9.38. The van der Waals surface area contributed by atoms with Crippen molar-refractivity contribution in [3.8, 4) is 0 Å². The number of hydrogen-bond donors (Lipinski definition) is 1. The molecule has 20 heavy (non-hydrogen) atoms. The predicted molar refractivity (Wildman–Crippen MR) is 81.1 cm³/mol. The molecule has 1 N–H and O–H groups in total. The summed E-state index contributed by atoms with van der Waals surface area (Å²) < 4.78 is 27.0. The average Bonchev–Trinajstić information content (AvgIpc) is 2.40. The Bertz CT molecular complexity index is 534. The van der Waals surface area contributed by atoms with E-state index in [4.69, 9.17) is 0 Å². The van der Waals surface area contributed by atoms with Crippen LogP contribution in [0.1, 0.15) is 19.8 Å². The fourth-order valence-corrected chi connectivity index (χ4v) is 2.71. The van der Waals surface area contributed by atoms with E-state index in [0.29, 0.717) is 5.69 Å². The van der Waals surface area contributed by atoms with Gasteiger partial charge in [-0.2, -0.15) is 12.7 Å². The number of aromatic nitrogens is 1. The Morgan fingerprint density at radius 3 is 2.45 bits per heavy atom. The molecule has 1 aromatic rings. The summed E-state index contributed by atoms with van der Waals surface area (Å²) in [5.41, 5.74) is 0.479. The quantitative estimate of drug-likeness (QED) is 0.915. The third-order valence-corrected chi connectivity index (χ3v) is 5.04. The van der Waals surface area contributed by atoms with Crippen LogP contribution in [0.5, 0.6) is 0 Å². The van der Waals surface area contributed by atoms with Crippen molar-refractivity contribution in [3.63, 3.8) is 0 Å². The highest BCUT2D eigenvalue weighted by Gasteiger charge is 2.17. The molecule has 0 aliphatic carbocycles. The molecule has 1 aliphatic heterocycles. The zero-order valence-corrected chi connectivity index (χ0v) is 13.0. The van der Waals surface area contributed by atoms with Gasteiger partial charge in [-0.1, -0.05) is 6.92 Å². The summed E-state index contributed by atoms with van der Waals surface area (Å²) in [6.45, 7) is 4.29. The molecule has 7 heteroatoms. The molecule has 2 rings (SSSR count). The second kappa shape index (κ2) is 5.97. The molecule has 0 atom stereocenters. The number of rotatable bonds is 4. The van der Waals surface area contributed by atoms with E-state index in [2.05, 4.69) is 21.5 Å². The molecule has 0 bridgehead atoms. The number of nitrogens with zero attached hydrogens (tertiary/aromatic N) is 3. The molecule has 2 heterocycles. The highest BCUT2D eigenvalue weighted by molar-refractivity contribution is 7.90. The second-order valence-electron chi connectivity index (χ2n) is 5.46. The van der Waals surface area contributed by atoms with E-state index in [0.717, 1.165) is 29.1 Å². The van der Waals surface area contributed by atoms with E-state index >= 15 is 0 Å². The lowest BCUT2D eigenvalue weighted by molar-refractivity contribution is 0.436. The van der Waals surface area contributed by atoms with E-state index in [-0.39, 0.29) is 0 Å². The SMILES string of the molecule is CC1CCN(c2ccc(NS(=O)(=O)N(C)C)cn2)CC1. The molecular formula is C13H22N4O2S. The van der Waals surface area contributed by atoms with Gasteiger partial charge < -0.3 is 4.90 Å². The van der Waals surface area contributed by atoms with Gasteiger partial charge in [0.1, 0.15) is 5.82 Å². The van der Waals surface area contributed by atoms with Crippen molar-refractivity contribution >= 4 is 21.7 Å². The maximum Gasteiger partial charge on any atom is 0.301 e. The minimum atomic E-state index is -3.47. The largest absolute Gasteiger partial charge is 0.357 e. The molecule has 0 saturated carbocycles. The van der Waals surface area contributed by atoms with Gasteiger partial charge in [0.05, 0.1) is 11.9 Å². The van der Waals surface area contributed by atoms with E-state index < -0.39 is 10.2 Å². The minimum absolute atomic E-state index is 0.479. The molecule has 1 fully saturated rings. The average molecular weight is 298 g/mol. The number of nitrogens with one attached hydrogen (secondary N) is 1. The molecule has 0 amide bonds. The van der Waals surface area contributed by atoms with Crippen molar-refractivity contribution in [2.24, 2.45) is 5.92 Å². The first-order valence-corrected chi connectivity index (χ1v) is 8.24. The smallest absolute Gasteiger partial charge is 0.301 e. The van der Waals surface area contributed by atoms with Crippen LogP contribution >= 0.6 is 0 Å². The molecular weight excluding hydrogens is 276 g/mol. The first-order valence-electron chi connectivity index (χ1n) is 6.80. The van der Waals surface area contributed by atoms with Crippen molar-refractivity contribution in [1.82, 2.24) is 9.29 Å². The molecule has 112 valence electrons. The summed E-state index contributed by atoms with van der Waals surface area (Å²) >= 11 is 0. The lowest BCUT2D eigenvalue weighted by Gasteiger charge is -2.31. The molecule has 0 aromatic carbocycles. The van der Waals surface area contributed by atoms with E-state index in [1.165, 1.54) is 26.9 Å². The van der Waals surface area contributed by atoms with Crippen LogP contribution in [0.25, 0.3) is 0 Å². The molecule has 1 saturated heterocycles. The summed E-state index contributed by atoms with van der Waals surface area (Å²) in [6.07, 6.45) is 3.92. The molecule has 6 nitrogen and oxygen atoms in total. The van der Waals surface area contributed by atoms with Gasteiger partial charge in [-0.15, -0.1) is 0 Å². The molecule has 0 unspecified atom stereocenters. The summed E-state index contributed by atoms with van der Waals surface area (Å²) in [5, 5.41) is 0. The van der Waals surface area contributed by atoms with Crippen molar-refractivity contribution in [2.75, 3.05) is 36.8 Å². The van der Waals surface area contributed by atoms with Crippen LogP contribution in [-0.2, 0) is 10.2 Å². The second-order valence-corrected chi connectivity index (χ2v) is 7.35. The Labute approximate surface area is 121 Å². The van der Waals surface area contributed by atoms with Crippen LogP contribution in [0.3, 0.4) is 0 Å². The number of pyridine rings is 1. The van der Waals surface area contributed by atoms with Crippen LogP contribution in [0.2, 0.25) is 0 Å². The lowest BCUT2D eigenvalue weighted by Crippen LogP contribution is -2.33. The summed E-state index contributed by atoms with van der Waals surface area (Å²) in [6, 6.07) is 3.62.